The van der Waals surface area contributed by atoms with Gasteiger partial charge >= 0.3 is 10.2 Å². The van der Waals surface area contributed by atoms with E-state index in [1.165, 1.54) is 19.0 Å². The molecule has 0 saturated carbocycles. The molecule has 1 N–H and O–H groups in total. The van der Waals surface area contributed by atoms with E-state index >= 15 is 0 Å². The highest BCUT2D eigenvalue weighted by Crippen LogP contribution is 2.26. The Bertz CT molecular complexity index is 1460. The summed E-state index contributed by atoms with van der Waals surface area (Å²) in [6.07, 6.45) is 1.00. The Morgan fingerprint density at radius 2 is 1.57 bits per heavy atom. The third-order valence-corrected chi connectivity index (χ3v) is 9.52. The third kappa shape index (κ3) is 8.65. The molecule has 2 atom stereocenters. The topological polar surface area (TPSA) is 90.0 Å². The summed E-state index contributed by atoms with van der Waals surface area (Å²) in [5.41, 5.74) is 3.71. The Morgan fingerprint density at radius 1 is 0.929 bits per heavy atom. The molecule has 0 spiro atoms. The van der Waals surface area contributed by atoms with Crippen molar-refractivity contribution in [2.75, 3.05) is 24.9 Å². The SMILES string of the molecule is CC[C@H](C)NC(=O)[C@H](Cc1ccccc1)N(Cc1ccc(Br)cc1)C(=O)CN(c1cc(C)ccc1C)S(=O)(=O)N(C)C. The largest absolute Gasteiger partial charge is 0.352 e. The van der Waals surface area contributed by atoms with Crippen molar-refractivity contribution in [1.82, 2.24) is 14.5 Å². The number of amides is 2. The predicted molar refractivity (Wildman–Crippen MR) is 172 cm³/mol. The first-order valence-corrected chi connectivity index (χ1v) is 16.2. The predicted octanol–water partition coefficient (Wildman–Crippen LogP) is 5.23. The number of rotatable bonds is 13. The van der Waals surface area contributed by atoms with Crippen LogP contribution in [0.25, 0.3) is 0 Å². The third-order valence-electron chi connectivity index (χ3n) is 7.19. The van der Waals surface area contributed by atoms with Crippen LogP contribution in [0.3, 0.4) is 0 Å². The molecule has 42 heavy (non-hydrogen) atoms. The molecule has 0 aliphatic heterocycles. The van der Waals surface area contributed by atoms with E-state index in [0.29, 0.717) is 11.3 Å². The Morgan fingerprint density at radius 3 is 2.17 bits per heavy atom. The summed E-state index contributed by atoms with van der Waals surface area (Å²) in [7, 11) is -1.17. The lowest BCUT2D eigenvalue weighted by Gasteiger charge is -2.35. The fraction of sp³-hybridized carbons (Fsp3) is 0.375. The highest BCUT2D eigenvalue weighted by atomic mass is 79.9. The van der Waals surface area contributed by atoms with Crippen molar-refractivity contribution in [2.45, 2.75) is 59.2 Å². The number of benzene rings is 3. The molecule has 0 heterocycles. The van der Waals surface area contributed by atoms with Crippen LogP contribution in [0.5, 0.6) is 0 Å². The van der Waals surface area contributed by atoms with Gasteiger partial charge in [0, 0.05) is 37.6 Å². The van der Waals surface area contributed by atoms with E-state index in [1.54, 1.807) is 6.07 Å². The first kappa shape index (κ1) is 33.3. The molecule has 0 radical (unpaired) electrons. The van der Waals surface area contributed by atoms with Gasteiger partial charge in [0.1, 0.15) is 12.6 Å². The summed E-state index contributed by atoms with van der Waals surface area (Å²) in [6.45, 7) is 7.25. The molecule has 8 nitrogen and oxygen atoms in total. The lowest BCUT2D eigenvalue weighted by molar-refractivity contribution is -0.140. The molecule has 0 bridgehead atoms. The molecule has 0 fully saturated rings. The first-order chi connectivity index (χ1) is 19.8. The molecule has 226 valence electrons. The zero-order chi connectivity index (χ0) is 31.0. The van der Waals surface area contributed by atoms with Crippen LogP contribution >= 0.6 is 15.9 Å². The molecule has 0 aliphatic rings. The maximum Gasteiger partial charge on any atom is 0.304 e. The molecule has 10 heteroatoms. The summed E-state index contributed by atoms with van der Waals surface area (Å²) in [6, 6.07) is 21.6. The van der Waals surface area contributed by atoms with Crippen LogP contribution in [0, 0.1) is 13.8 Å². The van der Waals surface area contributed by atoms with Gasteiger partial charge in [0.25, 0.3) is 0 Å². The summed E-state index contributed by atoms with van der Waals surface area (Å²) in [5, 5.41) is 3.05. The second-order valence-electron chi connectivity index (χ2n) is 10.8. The fourth-order valence-electron chi connectivity index (χ4n) is 4.47. The van der Waals surface area contributed by atoms with Crippen molar-refractivity contribution >= 4 is 43.6 Å². The average Bonchev–Trinajstić information content (AvgIpc) is 2.96. The number of carbonyl (C=O) groups excluding carboxylic acids is 2. The normalized spacial score (nSPS) is 13.0. The van der Waals surface area contributed by atoms with Crippen molar-refractivity contribution in [3.8, 4) is 0 Å². The van der Waals surface area contributed by atoms with Gasteiger partial charge in [0.05, 0.1) is 5.69 Å². The maximum absolute atomic E-state index is 14.4. The van der Waals surface area contributed by atoms with Crippen molar-refractivity contribution in [2.24, 2.45) is 0 Å². The van der Waals surface area contributed by atoms with Crippen molar-refractivity contribution in [3.05, 3.63) is 99.5 Å². The Labute approximate surface area is 259 Å². The molecule has 0 unspecified atom stereocenters. The second kappa shape index (κ2) is 14.8. The van der Waals surface area contributed by atoms with Gasteiger partial charge in [-0.1, -0.05) is 77.5 Å². The summed E-state index contributed by atoms with van der Waals surface area (Å²) < 4.78 is 30.4. The van der Waals surface area contributed by atoms with Gasteiger partial charge in [-0.15, -0.1) is 0 Å². The zero-order valence-electron chi connectivity index (χ0n) is 25.2. The minimum atomic E-state index is -4.05. The fourth-order valence-corrected chi connectivity index (χ4v) is 5.85. The number of halogens is 1. The van der Waals surface area contributed by atoms with Gasteiger partial charge in [-0.3, -0.25) is 9.59 Å². The highest BCUT2D eigenvalue weighted by molar-refractivity contribution is 9.10. The molecule has 3 rings (SSSR count). The van der Waals surface area contributed by atoms with Gasteiger partial charge < -0.3 is 10.2 Å². The van der Waals surface area contributed by atoms with Crippen LogP contribution in [0.1, 0.15) is 42.5 Å². The maximum atomic E-state index is 14.4. The Hall–Kier alpha value is -3.21. The van der Waals surface area contributed by atoms with Crippen LogP contribution < -0.4 is 9.62 Å². The van der Waals surface area contributed by atoms with Crippen LogP contribution in [0.4, 0.5) is 5.69 Å². The molecule has 0 aromatic heterocycles. The number of aryl methyl sites for hydroxylation is 2. The zero-order valence-corrected chi connectivity index (χ0v) is 27.6. The lowest BCUT2D eigenvalue weighted by Crippen LogP contribution is -2.55. The van der Waals surface area contributed by atoms with Gasteiger partial charge in [-0.05, 0) is 67.6 Å². The molecular formula is C32H41BrN4O4S. The number of nitrogens with one attached hydrogen (secondary N) is 1. The molecule has 0 saturated heterocycles. The number of hydrogen-bond donors (Lipinski definition) is 1. The molecular weight excluding hydrogens is 616 g/mol. The van der Waals surface area contributed by atoms with E-state index < -0.39 is 28.7 Å². The summed E-state index contributed by atoms with van der Waals surface area (Å²) >= 11 is 3.46. The van der Waals surface area contributed by atoms with E-state index in [-0.39, 0.29) is 24.9 Å². The molecule has 3 aromatic rings. The van der Waals surface area contributed by atoms with Crippen molar-refractivity contribution < 1.29 is 18.0 Å². The monoisotopic (exact) mass is 656 g/mol. The number of hydrogen-bond acceptors (Lipinski definition) is 4. The average molecular weight is 658 g/mol. The number of nitrogens with zero attached hydrogens (tertiary/aromatic N) is 3. The first-order valence-electron chi connectivity index (χ1n) is 14.0. The minimum absolute atomic E-state index is 0.0963. The second-order valence-corrected chi connectivity index (χ2v) is 13.7. The number of anilines is 1. The summed E-state index contributed by atoms with van der Waals surface area (Å²) in [5.74, 6) is -0.767. The Kier molecular flexibility index (Phi) is 11.7. The standard InChI is InChI=1S/C32H41BrN4O4S/c1-7-25(4)34-32(39)30(20-26-11-9-8-10-12-26)36(21-27-15-17-28(33)18-16-27)31(38)22-37(42(40,41)35(5)6)29-19-23(2)13-14-24(29)3/h8-19,25,30H,7,20-22H2,1-6H3,(H,34,39)/t25-,30-/m0/s1. The van der Waals surface area contributed by atoms with Crippen LogP contribution in [-0.4, -0.2) is 62.2 Å². The minimum Gasteiger partial charge on any atom is -0.352 e. The van der Waals surface area contributed by atoms with Crippen LogP contribution in [0.2, 0.25) is 0 Å². The quantitative estimate of drug-likeness (QED) is 0.273. The van der Waals surface area contributed by atoms with Gasteiger partial charge in [-0.25, -0.2) is 4.31 Å². The van der Waals surface area contributed by atoms with Gasteiger partial charge in [0.2, 0.25) is 11.8 Å². The smallest absolute Gasteiger partial charge is 0.304 e. The van der Waals surface area contributed by atoms with E-state index in [9.17, 15) is 18.0 Å². The molecule has 3 aromatic carbocycles. The lowest BCUT2D eigenvalue weighted by atomic mass is 10.0. The van der Waals surface area contributed by atoms with E-state index in [0.717, 1.165) is 36.2 Å². The van der Waals surface area contributed by atoms with Gasteiger partial charge in [0.15, 0.2) is 0 Å². The van der Waals surface area contributed by atoms with Crippen molar-refractivity contribution in [1.29, 1.82) is 0 Å². The van der Waals surface area contributed by atoms with E-state index in [2.05, 4.69) is 21.2 Å². The van der Waals surface area contributed by atoms with Crippen molar-refractivity contribution in [3.63, 3.8) is 0 Å². The molecule has 0 aliphatic carbocycles. The van der Waals surface area contributed by atoms with Gasteiger partial charge in [-0.2, -0.15) is 12.7 Å². The number of carbonyl (C=O) groups is 2. The van der Waals surface area contributed by atoms with Crippen LogP contribution in [0.15, 0.2) is 77.3 Å². The summed E-state index contributed by atoms with van der Waals surface area (Å²) in [4.78, 5) is 29.7. The van der Waals surface area contributed by atoms with Crippen LogP contribution in [-0.2, 0) is 32.8 Å². The highest BCUT2D eigenvalue weighted by Gasteiger charge is 2.35. The van der Waals surface area contributed by atoms with E-state index in [4.69, 9.17) is 0 Å². The Balaban J connectivity index is 2.13. The van der Waals surface area contributed by atoms with E-state index in [1.807, 2.05) is 94.4 Å². The molecule has 2 amide bonds.